The molecule has 1 N–H and O–H groups in total. The number of para-hydroxylation sites is 1. The van der Waals surface area contributed by atoms with Gasteiger partial charge in [0.25, 0.3) is 0 Å². The number of hydrogen-bond acceptors (Lipinski definition) is 2. The zero-order valence-electron chi connectivity index (χ0n) is 13.6. The zero-order valence-corrected chi connectivity index (χ0v) is 13.6. The maximum atomic E-state index is 4.21. The molecule has 0 radical (unpaired) electrons. The van der Waals surface area contributed by atoms with Crippen molar-refractivity contribution in [2.24, 2.45) is 0 Å². The first-order valence-corrected chi connectivity index (χ1v) is 8.56. The van der Waals surface area contributed by atoms with Gasteiger partial charge in [-0.25, -0.2) is 0 Å². The Morgan fingerprint density at radius 1 is 1.00 bits per heavy atom. The maximum absolute atomic E-state index is 4.21. The number of piperidine rings is 1. The Bertz CT molecular complexity index is 785. The number of aryl methyl sites for hydroxylation is 1. The molecule has 1 aliphatic heterocycles. The topological polar surface area (TPSA) is 31.9 Å². The molecule has 0 amide bonds. The second-order valence-corrected chi connectivity index (χ2v) is 6.49. The highest BCUT2D eigenvalue weighted by Gasteiger charge is 2.27. The fourth-order valence-electron chi connectivity index (χ4n) is 3.93. The summed E-state index contributed by atoms with van der Waals surface area (Å²) in [6.45, 7) is 4.55. The molecule has 3 heterocycles. The molecule has 3 nitrogen and oxygen atoms in total. The van der Waals surface area contributed by atoms with Crippen molar-refractivity contribution in [1.82, 2.24) is 14.9 Å². The van der Waals surface area contributed by atoms with Crippen molar-refractivity contribution in [3.63, 3.8) is 0 Å². The van der Waals surface area contributed by atoms with Crippen LogP contribution in [0.4, 0.5) is 0 Å². The number of fused-ring (bicyclic) bond motifs is 1. The van der Waals surface area contributed by atoms with E-state index in [1.54, 1.807) is 0 Å². The predicted molar refractivity (Wildman–Crippen MR) is 94.5 cm³/mol. The van der Waals surface area contributed by atoms with Gasteiger partial charge in [0.05, 0.1) is 6.04 Å². The first-order chi connectivity index (χ1) is 11.3. The Balaban J connectivity index is 1.88. The van der Waals surface area contributed by atoms with Gasteiger partial charge in [0.15, 0.2) is 0 Å². The van der Waals surface area contributed by atoms with E-state index in [0.717, 1.165) is 0 Å². The van der Waals surface area contributed by atoms with Crippen molar-refractivity contribution >= 4 is 10.9 Å². The summed E-state index contributed by atoms with van der Waals surface area (Å²) >= 11 is 0. The van der Waals surface area contributed by atoms with Gasteiger partial charge >= 0.3 is 0 Å². The van der Waals surface area contributed by atoms with Crippen molar-refractivity contribution in [2.45, 2.75) is 32.2 Å². The average Bonchev–Trinajstić information content (AvgIpc) is 2.94. The lowest BCUT2D eigenvalue weighted by Crippen LogP contribution is -2.34. The second-order valence-electron chi connectivity index (χ2n) is 6.49. The zero-order chi connectivity index (χ0) is 15.6. The summed E-state index contributed by atoms with van der Waals surface area (Å²) in [6, 6.07) is 13.3. The number of aromatic nitrogens is 2. The normalized spacial score (nSPS) is 17.4. The predicted octanol–water partition coefficient (Wildman–Crippen LogP) is 4.45. The molecule has 1 aromatic carbocycles. The highest BCUT2D eigenvalue weighted by Crippen LogP contribution is 2.37. The summed E-state index contributed by atoms with van der Waals surface area (Å²) in [5.41, 5.74) is 5.28. The molecule has 4 rings (SSSR count). The number of likely N-dealkylation sites (tertiary alicyclic amines) is 1. The molecule has 3 aromatic rings. The quantitative estimate of drug-likeness (QED) is 0.775. The highest BCUT2D eigenvalue weighted by atomic mass is 15.2. The smallest absolute Gasteiger partial charge is 0.0626 e. The van der Waals surface area contributed by atoms with Crippen LogP contribution in [-0.2, 0) is 0 Å². The van der Waals surface area contributed by atoms with Crippen LogP contribution in [-0.4, -0.2) is 28.0 Å². The largest absolute Gasteiger partial charge is 0.358 e. The summed E-state index contributed by atoms with van der Waals surface area (Å²) in [4.78, 5) is 10.4. The van der Waals surface area contributed by atoms with E-state index >= 15 is 0 Å². The number of H-pyrrole nitrogens is 1. The van der Waals surface area contributed by atoms with Gasteiger partial charge in [0.2, 0.25) is 0 Å². The number of benzene rings is 1. The van der Waals surface area contributed by atoms with E-state index in [2.05, 4.69) is 58.2 Å². The summed E-state index contributed by atoms with van der Waals surface area (Å²) < 4.78 is 0. The third-order valence-electron chi connectivity index (χ3n) is 4.99. The number of aromatic amines is 1. The van der Waals surface area contributed by atoms with Crippen LogP contribution in [0.1, 0.15) is 42.1 Å². The van der Waals surface area contributed by atoms with E-state index < -0.39 is 0 Å². The fraction of sp³-hybridized carbons (Fsp3) is 0.350. The third kappa shape index (κ3) is 2.66. The van der Waals surface area contributed by atoms with Crippen LogP contribution in [0.2, 0.25) is 0 Å². The number of nitrogens with one attached hydrogen (secondary N) is 1. The molecule has 1 atom stereocenters. The molecule has 23 heavy (non-hydrogen) atoms. The Hall–Kier alpha value is -2.13. The minimum atomic E-state index is 0.314. The fourth-order valence-corrected chi connectivity index (χ4v) is 3.93. The van der Waals surface area contributed by atoms with Crippen molar-refractivity contribution in [2.75, 3.05) is 13.1 Å². The summed E-state index contributed by atoms with van der Waals surface area (Å²) in [7, 11) is 0. The van der Waals surface area contributed by atoms with Gasteiger partial charge in [-0.05, 0) is 56.6 Å². The molecule has 0 bridgehead atoms. The summed E-state index contributed by atoms with van der Waals surface area (Å²) in [6.07, 6.45) is 7.77. The lowest BCUT2D eigenvalue weighted by Gasteiger charge is -2.35. The maximum Gasteiger partial charge on any atom is 0.0626 e. The van der Waals surface area contributed by atoms with Crippen molar-refractivity contribution in [1.29, 1.82) is 0 Å². The Kier molecular flexibility index (Phi) is 3.88. The Labute approximate surface area is 137 Å². The van der Waals surface area contributed by atoms with Crippen molar-refractivity contribution in [3.05, 3.63) is 65.6 Å². The van der Waals surface area contributed by atoms with E-state index in [-0.39, 0.29) is 0 Å². The monoisotopic (exact) mass is 305 g/mol. The molecule has 1 saturated heterocycles. The number of rotatable bonds is 3. The van der Waals surface area contributed by atoms with E-state index in [0.29, 0.717) is 6.04 Å². The summed E-state index contributed by atoms with van der Waals surface area (Å²) in [5.74, 6) is 0. The molecule has 2 aromatic heterocycles. The lowest BCUT2D eigenvalue weighted by atomic mass is 9.93. The number of pyridine rings is 1. The minimum absolute atomic E-state index is 0.314. The third-order valence-corrected chi connectivity index (χ3v) is 4.99. The van der Waals surface area contributed by atoms with Gasteiger partial charge < -0.3 is 4.98 Å². The van der Waals surface area contributed by atoms with Crippen LogP contribution < -0.4 is 0 Å². The van der Waals surface area contributed by atoms with Crippen LogP contribution in [0.15, 0.2) is 48.8 Å². The van der Waals surface area contributed by atoms with Crippen molar-refractivity contribution in [3.8, 4) is 0 Å². The van der Waals surface area contributed by atoms with E-state index in [4.69, 9.17) is 0 Å². The SMILES string of the molecule is Cc1[nH]c2ccccc2c1[C@@H](c1ccncc1)N1CCCCC1. The van der Waals surface area contributed by atoms with E-state index in [1.807, 2.05) is 12.4 Å². The Morgan fingerprint density at radius 2 is 1.74 bits per heavy atom. The number of hydrogen-bond donors (Lipinski definition) is 1. The van der Waals surface area contributed by atoms with Gasteiger partial charge in [0, 0.05) is 34.6 Å². The van der Waals surface area contributed by atoms with E-state index in [1.165, 1.54) is 60.1 Å². The van der Waals surface area contributed by atoms with Gasteiger partial charge in [-0.3, -0.25) is 9.88 Å². The van der Waals surface area contributed by atoms with Gasteiger partial charge in [0.1, 0.15) is 0 Å². The van der Waals surface area contributed by atoms with Gasteiger partial charge in [-0.2, -0.15) is 0 Å². The molecule has 0 spiro atoms. The minimum Gasteiger partial charge on any atom is -0.358 e. The molecule has 0 aliphatic carbocycles. The highest BCUT2D eigenvalue weighted by molar-refractivity contribution is 5.85. The summed E-state index contributed by atoms with van der Waals surface area (Å²) in [5, 5.41) is 1.34. The molecule has 3 heteroatoms. The van der Waals surface area contributed by atoms with Crippen LogP contribution in [0, 0.1) is 6.92 Å². The van der Waals surface area contributed by atoms with Crippen LogP contribution in [0.25, 0.3) is 10.9 Å². The Morgan fingerprint density at radius 3 is 2.52 bits per heavy atom. The molecule has 118 valence electrons. The molecule has 0 saturated carbocycles. The van der Waals surface area contributed by atoms with Crippen LogP contribution in [0.5, 0.6) is 0 Å². The number of nitrogens with zero attached hydrogens (tertiary/aromatic N) is 2. The second kappa shape index (κ2) is 6.17. The molecular formula is C20H23N3. The van der Waals surface area contributed by atoms with Crippen LogP contribution >= 0.6 is 0 Å². The first-order valence-electron chi connectivity index (χ1n) is 8.56. The lowest BCUT2D eigenvalue weighted by molar-refractivity contribution is 0.187. The van der Waals surface area contributed by atoms with Gasteiger partial charge in [-0.1, -0.05) is 24.6 Å². The molecular weight excluding hydrogens is 282 g/mol. The average molecular weight is 305 g/mol. The van der Waals surface area contributed by atoms with E-state index in [9.17, 15) is 0 Å². The van der Waals surface area contributed by atoms with Crippen molar-refractivity contribution < 1.29 is 0 Å². The van der Waals surface area contributed by atoms with Crippen LogP contribution in [0.3, 0.4) is 0 Å². The molecule has 0 unspecified atom stereocenters. The first kappa shape index (κ1) is 14.5. The van der Waals surface area contributed by atoms with Gasteiger partial charge in [-0.15, -0.1) is 0 Å². The standard InChI is InChI=1S/C20H23N3/c1-15-19(17-7-3-4-8-18(17)22-15)20(16-9-11-21-12-10-16)23-13-5-2-6-14-23/h3-4,7-12,20,22H,2,5-6,13-14H2,1H3/t20-/m1/s1. The molecule has 1 aliphatic rings. The molecule has 1 fully saturated rings.